The predicted octanol–water partition coefficient (Wildman–Crippen LogP) is 1.54. The van der Waals surface area contributed by atoms with E-state index in [0.29, 0.717) is 23.9 Å². The molecule has 0 aliphatic carbocycles. The summed E-state index contributed by atoms with van der Waals surface area (Å²) in [6, 6.07) is 6.92. The van der Waals surface area contributed by atoms with Crippen molar-refractivity contribution in [2.45, 2.75) is 12.0 Å². The van der Waals surface area contributed by atoms with E-state index < -0.39 is 11.6 Å². The Labute approximate surface area is 98.2 Å². The van der Waals surface area contributed by atoms with Crippen LogP contribution in [0.5, 0.6) is 5.75 Å². The number of ether oxygens (including phenoxy) is 1. The Balaban J connectivity index is 2.06. The first-order valence-corrected chi connectivity index (χ1v) is 5.35. The molecule has 0 atom stereocenters. The molecule has 0 bridgehead atoms. The second kappa shape index (κ2) is 4.31. The predicted molar refractivity (Wildman–Crippen MR) is 59.9 cm³/mol. The van der Waals surface area contributed by atoms with Gasteiger partial charge in [-0.15, -0.1) is 0 Å². The Morgan fingerprint density at radius 2 is 2.06 bits per heavy atom. The number of nitrogens with one attached hydrogen (secondary N) is 1. The molecule has 1 saturated heterocycles. The van der Waals surface area contributed by atoms with Crippen molar-refractivity contribution < 1.29 is 14.6 Å². The van der Waals surface area contributed by atoms with Gasteiger partial charge in [-0.2, -0.15) is 0 Å². The molecule has 2 N–H and O–H groups in total. The van der Waals surface area contributed by atoms with E-state index in [2.05, 4.69) is 5.32 Å². The van der Waals surface area contributed by atoms with Crippen LogP contribution in [0, 0.1) is 0 Å². The van der Waals surface area contributed by atoms with E-state index in [4.69, 9.17) is 21.4 Å². The highest BCUT2D eigenvalue weighted by atomic mass is 35.5. The van der Waals surface area contributed by atoms with E-state index in [-0.39, 0.29) is 6.42 Å². The zero-order valence-electron chi connectivity index (χ0n) is 8.57. The van der Waals surface area contributed by atoms with Crippen LogP contribution in [0.15, 0.2) is 24.3 Å². The van der Waals surface area contributed by atoms with Gasteiger partial charge >= 0.3 is 5.97 Å². The number of carboxylic acids is 1. The molecule has 1 aliphatic rings. The number of hydrogen-bond acceptors (Lipinski definition) is 3. The van der Waals surface area contributed by atoms with Gasteiger partial charge in [-0.3, -0.25) is 4.79 Å². The molecule has 0 unspecified atom stereocenters. The lowest BCUT2D eigenvalue weighted by Gasteiger charge is -2.41. The van der Waals surface area contributed by atoms with Crippen molar-refractivity contribution in [3.05, 3.63) is 29.3 Å². The maximum absolute atomic E-state index is 10.7. The summed E-state index contributed by atoms with van der Waals surface area (Å²) in [6.07, 6.45) is 0.00261. The monoisotopic (exact) mass is 241 g/mol. The molecule has 0 spiro atoms. The summed E-state index contributed by atoms with van der Waals surface area (Å²) < 4.78 is 5.70. The molecule has 1 aliphatic heterocycles. The molecule has 1 aromatic carbocycles. The highest BCUT2D eigenvalue weighted by Gasteiger charge is 2.41. The third kappa shape index (κ3) is 2.46. The minimum atomic E-state index is -0.851. The summed E-state index contributed by atoms with van der Waals surface area (Å²) >= 11 is 5.75. The summed E-state index contributed by atoms with van der Waals surface area (Å²) in [5, 5.41) is 12.5. The molecule has 1 heterocycles. The van der Waals surface area contributed by atoms with Crippen molar-refractivity contribution in [2.75, 3.05) is 13.1 Å². The fourth-order valence-electron chi connectivity index (χ4n) is 1.67. The van der Waals surface area contributed by atoms with Crippen LogP contribution in [-0.2, 0) is 4.79 Å². The average Bonchev–Trinajstić information content (AvgIpc) is 2.17. The Hall–Kier alpha value is -1.26. The van der Waals surface area contributed by atoms with Gasteiger partial charge < -0.3 is 15.2 Å². The third-order valence-electron chi connectivity index (χ3n) is 2.52. The topological polar surface area (TPSA) is 58.6 Å². The summed E-state index contributed by atoms with van der Waals surface area (Å²) in [6.45, 7) is 1.11. The van der Waals surface area contributed by atoms with Crippen molar-refractivity contribution in [3.63, 3.8) is 0 Å². The molecule has 4 nitrogen and oxygen atoms in total. The van der Waals surface area contributed by atoms with Crippen molar-refractivity contribution in [1.29, 1.82) is 0 Å². The number of benzene rings is 1. The number of carbonyl (C=O) groups is 1. The fraction of sp³-hybridized carbons (Fsp3) is 0.364. The standard InChI is InChI=1S/C11H12ClNO3/c12-8-1-3-9(4-2-8)16-11(5-10(14)15)6-13-7-11/h1-4,13H,5-7H2,(H,14,15). The minimum Gasteiger partial charge on any atom is -0.484 e. The highest BCUT2D eigenvalue weighted by molar-refractivity contribution is 6.30. The van der Waals surface area contributed by atoms with Gasteiger partial charge in [0.25, 0.3) is 0 Å². The zero-order chi connectivity index (χ0) is 11.6. The number of hydrogen-bond donors (Lipinski definition) is 2. The van der Waals surface area contributed by atoms with Crippen molar-refractivity contribution in [2.24, 2.45) is 0 Å². The second-order valence-corrected chi connectivity index (χ2v) is 4.35. The first-order chi connectivity index (χ1) is 7.60. The molecule has 0 aromatic heterocycles. The molecule has 86 valence electrons. The summed E-state index contributed by atoms with van der Waals surface area (Å²) in [7, 11) is 0. The van der Waals surface area contributed by atoms with Crippen molar-refractivity contribution in [3.8, 4) is 5.75 Å². The van der Waals surface area contributed by atoms with Gasteiger partial charge in [-0.1, -0.05) is 11.6 Å². The van der Waals surface area contributed by atoms with Crippen molar-refractivity contribution >= 4 is 17.6 Å². The smallest absolute Gasteiger partial charge is 0.307 e. The van der Waals surface area contributed by atoms with E-state index >= 15 is 0 Å². The summed E-state index contributed by atoms with van der Waals surface area (Å²) in [5.74, 6) is -0.206. The van der Waals surface area contributed by atoms with Gasteiger partial charge in [-0.25, -0.2) is 0 Å². The number of aliphatic carboxylic acids is 1. The lowest BCUT2D eigenvalue weighted by molar-refractivity contribution is -0.143. The van der Waals surface area contributed by atoms with E-state index in [0.717, 1.165) is 0 Å². The molecule has 16 heavy (non-hydrogen) atoms. The van der Waals surface area contributed by atoms with Crippen LogP contribution in [0.4, 0.5) is 0 Å². The SMILES string of the molecule is O=C(O)CC1(Oc2ccc(Cl)cc2)CNC1. The second-order valence-electron chi connectivity index (χ2n) is 3.91. The molecule has 5 heteroatoms. The summed E-state index contributed by atoms with van der Waals surface area (Å²) in [5.41, 5.74) is -0.611. The zero-order valence-corrected chi connectivity index (χ0v) is 9.33. The lowest BCUT2D eigenvalue weighted by atomic mass is 9.92. The van der Waals surface area contributed by atoms with Crippen LogP contribution in [0.25, 0.3) is 0 Å². The molecule has 1 aromatic rings. The quantitative estimate of drug-likeness (QED) is 0.840. The molecule has 0 radical (unpaired) electrons. The minimum absolute atomic E-state index is 0.00261. The van der Waals surface area contributed by atoms with E-state index in [9.17, 15) is 4.79 Å². The normalized spacial score (nSPS) is 17.6. The van der Waals surface area contributed by atoms with Gasteiger partial charge in [-0.05, 0) is 24.3 Å². The largest absolute Gasteiger partial charge is 0.484 e. The molecule has 2 rings (SSSR count). The van der Waals surface area contributed by atoms with Crippen LogP contribution in [-0.4, -0.2) is 29.8 Å². The van der Waals surface area contributed by atoms with Crippen LogP contribution < -0.4 is 10.1 Å². The maximum atomic E-state index is 10.7. The fourth-order valence-corrected chi connectivity index (χ4v) is 1.79. The Morgan fingerprint density at radius 3 is 2.50 bits per heavy atom. The first kappa shape index (κ1) is 11.2. The number of carboxylic acid groups (broad SMARTS) is 1. The molecule has 1 fully saturated rings. The van der Waals surface area contributed by atoms with Gasteiger partial charge in [0.1, 0.15) is 11.4 Å². The highest BCUT2D eigenvalue weighted by Crippen LogP contribution is 2.26. The van der Waals surface area contributed by atoms with Gasteiger partial charge in [0.2, 0.25) is 0 Å². The van der Waals surface area contributed by atoms with E-state index in [1.807, 2.05) is 0 Å². The Bertz CT molecular complexity index is 387. The molecule has 0 amide bonds. The van der Waals surface area contributed by atoms with Crippen LogP contribution in [0.3, 0.4) is 0 Å². The van der Waals surface area contributed by atoms with E-state index in [1.54, 1.807) is 24.3 Å². The third-order valence-corrected chi connectivity index (χ3v) is 2.77. The van der Waals surface area contributed by atoms with Gasteiger partial charge in [0.05, 0.1) is 6.42 Å². The first-order valence-electron chi connectivity index (χ1n) is 4.97. The molecule has 0 saturated carbocycles. The molecular weight excluding hydrogens is 230 g/mol. The van der Waals surface area contributed by atoms with Gasteiger partial charge in [0.15, 0.2) is 0 Å². The molecular formula is C11H12ClNO3. The van der Waals surface area contributed by atoms with Crippen LogP contribution >= 0.6 is 11.6 Å². The number of rotatable bonds is 4. The Morgan fingerprint density at radius 1 is 1.44 bits per heavy atom. The van der Waals surface area contributed by atoms with Gasteiger partial charge in [0, 0.05) is 18.1 Å². The lowest BCUT2D eigenvalue weighted by Crippen LogP contribution is -2.64. The van der Waals surface area contributed by atoms with Crippen LogP contribution in [0.2, 0.25) is 5.02 Å². The maximum Gasteiger partial charge on any atom is 0.307 e. The van der Waals surface area contributed by atoms with Crippen LogP contribution in [0.1, 0.15) is 6.42 Å². The number of halogens is 1. The van der Waals surface area contributed by atoms with E-state index in [1.165, 1.54) is 0 Å². The summed E-state index contributed by atoms with van der Waals surface area (Å²) in [4.78, 5) is 10.7. The Kier molecular flexibility index (Phi) is 3.03. The average molecular weight is 242 g/mol. The van der Waals surface area contributed by atoms with Crippen molar-refractivity contribution in [1.82, 2.24) is 5.32 Å².